The van der Waals surface area contributed by atoms with Gasteiger partial charge in [0.2, 0.25) is 11.8 Å². The monoisotopic (exact) mass is 772 g/mol. The lowest BCUT2D eigenvalue weighted by Crippen LogP contribution is -2.40. The number of benzene rings is 3. The molecule has 9 nitrogen and oxygen atoms in total. The first-order valence-electron chi connectivity index (χ1n) is 21.5. The highest BCUT2D eigenvalue weighted by molar-refractivity contribution is 5.76. The van der Waals surface area contributed by atoms with Crippen molar-refractivity contribution in [2.45, 2.75) is 155 Å². The first-order chi connectivity index (χ1) is 27.4. The molecule has 0 bridgehead atoms. The van der Waals surface area contributed by atoms with Gasteiger partial charge < -0.3 is 24.8 Å². The third-order valence-electron chi connectivity index (χ3n) is 10.8. The van der Waals surface area contributed by atoms with Crippen molar-refractivity contribution in [1.82, 2.24) is 15.7 Å². The number of carbonyl (C=O) groups excluding carboxylic acids is 2. The molecule has 0 aliphatic carbocycles. The first-order valence-corrected chi connectivity index (χ1v) is 21.5. The molecule has 1 aliphatic rings. The number of rotatable bonds is 27. The molecule has 308 valence electrons. The number of ether oxygens (including phenoxy) is 2. The van der Waals surface area contributed by atoms with E-state index in [9.17, 15) is 14.7 Å². The third kappa shape index (κ3) is 16.5. The fourth-order valence-corrected chi connectivity index (χ4v) is 7.46. The molecule has 1 saturated heterocycles. The van der Waals surface area contributed by atoms with E-state index in [4.69, 9.17) is 14.7 Å². The summed E-state index contributed by atoms with van der Waals surface area (Å²) in [5.74, 6) is -0.502. The molecule has 4 N–H and O–H groups in total. The number of aliphatic hydroxyl groups is 1. The number of unbranched alkanes of at least 4 members (excludes halogenated alkanes) is 11. The molecule has 3 unspecified atom stereocenters. The first kappa shape index (κ1) is 45.1. The molecule has 0 radical (unpaired) electrons. The van der Waals surface area contributed by atoms with Crippen molar-refractivity contribution in [3.05, 3.63) is 95.1 Å². The summed E-state index contributed by atoms with van der Waals surface area (Å²) in [5.41, 5.74) is 7.72. The van der Waals surface area contributed by atoms with Gasteiger partial charge in [-0.05, 0) is 72.7 Å². The Morgan fingerprint density at radius 2 is 1.29 bits per heavy atom. The van der Waals surface area contributed by atoms with E-state index in [0.717, 1.165) is 59.4 Å². The van der Waals surface area contributed by atoms with Crippen LogP contribution in [0.3, 0.4) is 0 Å². The fourth-order valence-electron chi connectivity index (χ4n) is 7.46. The molecule has 9 heteroatoms. The summed E-state index contributed by atoms with van der Waals surface area (Å²) < 4.78 is 13.5. The summed E-state index contributed by atoms with van der Waals surface area (Å²) in [4.78, 5) is 26.2. The summed E-state index contributed by atoms with van der Waals surface area (Å²) >= 11 is 0. The summed E-state index contributed by atoms with van der Waals surface area (Å²) in [7, 11) is 0. The summed E-state index contributed by atoms with van der Waals surface area (Å²) in [5, 5.41) is 21.3. The van der Waals surface area contributed by atoms with E-state index in [0.29, 0.717) is 25.8 Å². The summed E-state index contributed by atoms with van der Waals surface area (Å²) in [6.45, 7) is 8.07. The molecule has 0 spiro atoms. The molecule has 1 aliphatic heterocycles. The van der Waals surface area contributed by atoms with Gasteiger partial charge in [0.15, 0.2) is 6.29 Å². The van der Waals surface area contributed by atoms with Crippen molar-refractivity contribution < 1.29 is 29.4 Å². The van der Waals surface area contributed by atoms with E-state index in [1.165, 1.54) is 77.0 Å². The molecular weight excluding hydrogens is 703 g/mol. The lowest BCUT2D eigenvalue weighted by atomic mass is 9.98. The Kier molecular flexibility index (Phi) is 21.2. The van der Waals surface area contributed by atoms with E-state index in [1.54, 1.807) is 5.48 Å². The van der Waals surface area contributed by atoms with E-state index in [1.807, 2.05) is 24.3 Å². The van der Waals surface area contributed by atoms with E-state index >= 15 is 0 Å². The van der Waals surface area contributed by atoms with Crippen LogP contribution in [0.2, 0.25) is 0 Å². The summed E-state index contributed by atoms with van der Waals surface area (Å²) in [6, 6.07) is 24.7. The van der Waals surface area contributed by atoms with Crippen molar-refractivity contribution in [2.75, 3.05) is 19.6 Å². The second kappa shape index (κ2) is 26.3. The second-order valence-corrected chi connectivity index (χ2v) is 15.5. The van der Waals surface area contributed by atoms with Crippen molar-refractivity contribution in [3.63, 3.8) is 0 Å². The Morgan fingerprint density at radius 1 is 0.679 bits per heavy atom. The Labute approximate surface area is 336 Å². The minimum Gasteiger partial charge on any atom is -0.392 e. The van der Waals surface area contributed by atoms with Crippen molar-refractivity contribution >= 4 is 11.8 Å². The van der Waals surface area contributed by atoms with Crippen molar-refractivity contribution in [1.29, 1.82) is 0 Å². The zero-order valence-corrected chi connectivity index (χ0v) is 34.2. The van der Waals surface area contributed by atoms with Crippen LogP contribution in [0, 0.1) is 0 Å². The van der Waals surface area contributed by atoms with Gasteiger partial charge in [0, 0.05) is 37.9 Å². The number of aliphatic hydroxyl groups excluding tert-OH is 1. The Hall–Kier alpha value is -3.60. The van der Waals surface area contributed by atoms with Gasteiger partial charge in [-0.2, -0.15) is 0 Å². The number of amides is 2. The molecule has 3 aromatic rings. The molecule has 0 aromatic heterocycles. The van der Waals surface area contributed by atoms with Gasteiger partial charge in [-0.3, -0.25) is 14.8 Å². The minimum atomic E-state index is -0.505. The van der Waals surface area contributed by atoms with E-state index in [-0.39, 0.29) is 31.1 Å². The maximum Gasteiger partial charge on any atom is 0.243 e. The largest absolute Gasteiger partial charge is 0.392 e. The number of hydrogen-bond acceptors (Lipinski definition) is 7. The smallest absolute Gasteiger partial charge is 0.243 e. The highest BCUT2D eigenvalue weighted by Crippen LogP contribution is 2.39. The van der Waals surface area contributed by atoms with Gasteiger partial charge in [-0.15, -0.1) is 0 Å². The van der Waals surface area contributed by atoms with E-state index in [2.05, 4.69) is 72.6 Å². The van der Waals surface area contributed by atoms with Crippen LogP contribution in [-0.4, -0.2) is 52.8 Å². The Bertz CT molecular complexity index is 1520. The van der Waals surface area contributed by atoms with Gasteiger partial charge in [-0.25, -0.2) is 5.48 Å². The van der Waals surface area contributed by atoms with Crippen molar-refractivity contribution in [2.24, 2.45) is 0 Å². The van der Waals surface area contributed by atoms with Crippen LogP contribution in [0.15, 0.2) is 72.8 Å². The SMILES string of the molecule is CCCCCCCCN(CCCCCCCC)CC1CC(c2ccc(CO)cc2)OC(c2ccc(-c3cccc(CNC(=O)CCCCC(=O)NO)c3)cc2)O1. The van der Waals surface area contributed by atoms with Crippen LogP contribution in [-0.2, 0) is 32.2 Å². The molecule has 3 atom stereocenters. The highest BCUT2D eigenvalue weighted by atomic mass is 16.7. The zero-order chi connectivity index (χ0) is 39.8. The molecule has 56 heavy (non-hydrogen) atoms. The molecule has 1 heterocycles. The van der Waals surface area contributed by atoms with Gasteiger partial charge in [-0.1, -0.05) is 145 Å². The Morgan fingerprint density at radius 3 is 1.91 bits per heavy atom. The van der Waals surface area contributed by atoms with Gasteiger partial charge in [0.1, 0.15) is 0 Å². The van der Waals surface area contributed by atoms with Crippen LogP contribution >= 0.6 is 0 Å². The maximum atomic E-state index is 12.4. The lowest BCUT2D eigenvalue weighted by molar-refractivity contribution is -0.253. The lowest BCUT2D eigenvalue weighted by Gasteiger charge is -2.38. The van der Waals surface area contributed by atoms with Crippen molar-refractivity contribution in [3.8, 4) is 11.1 Å². The maximum absolute atomic E-state index is 12.4. The predicted octanol–water partition coefficient (Wildman–Crippen LogP) is 10.1. The van der Waals surface area contributed by atoms with Crippen LogP contribution in [0.5, 0.6) is 0 Å². The molecule has 0 saturated carbocycles. The van der Waals surface area contributed by atoms with Crippen LogP contribution in [0.4, 0.5) is 0 Å². The molecule has 1 fully saturated rings. The molecule has 3 aromatic carbocycles. The molecular formula is C47H69N3O6. The standard InChI is InChI=1S/C47H69N3O6/c1-3-5-7-9-11-15-30-50(31-16-12-10-8-6-4-2)35-43-33-44(40-24-22-37(36-51)23-25-40)56-47(55-43)41-28-26-39(27-29-41)42-19-17-18-38(32-42)34-48-45(52)20-13-14-21-46(53)49-54/h17-19,22-29,32,43-44,47,51,54H,3-16,20-21,30-31,33-36H2,1-2H3,(H,48,52)(H,49,53). The van der Waals surface area contributed by atoms with Crippen LogP contribution in [0.1, 0.15) is 158 Å². The second-order valence-electron chi connectivity index (χ2n) is 15.5. The number of hydrogen-bond donors (Lipinski definition) is 4. The van der Waals surface area contributed by atoms with Gasteiger partial charge in [0.05, 0.1) is 18.8 Å². The quantitative estimate of drug-likeness (QED) is 0.0346. The number of nitrogens with one attached hydrogen (secondary N) is 2. The predicted molar refractivity (Wildman–Crippen MR) is 224 cm³/mol. The third-order valence-corrected chi connectivity index (χ3v) is 10.8. The number of carbonyl (C=O) groups is 2. The minimum absolute atomic E-state index is 0.0167. The molecule has 2 amide bonds. The zero-order valence-electron chi connectivity index (χ0n) is 34.2. The average molecular weight is 772 g/mol. The van der Waals surface area contributed by atoms with Crippen LogP contribution < -0.4 is 10.8 Å². The van der Waals surface area contributed by atoms with Crippen LogP contribution in [0.25, 0.3) is 11.1 Å². The van der Waals surface area contributed by atoms with Gasteiger partial charge in [0.25, 0.3) is 0 Å². The fraction of sp³-hybridized carbons (Fsp3) is 0.574. The normalized spacial score (nSPS) is 16.9. The summed E-state index contributed by atoms with van der Waals surface area (Å²) in [6.07, 6.45) is 17.3. The molecule has 4 rings (SSSR count). The van der Waals surface area contributed by atoms with E-state index < -0.39 is 12.2 Å². The number of nitrogens with zero attached hydrogens (tertiary/aromatic N) is 1. The highest BCUT2D eigenvalue weighted by Gasteiger charge is 2.33. The van der Waals surface area contributed by atoms with Gasteiger partial charge >= 0.3 is 0 Å². The Balaban J connectivity index is 1.42. The topological polar surface area (TPSA) is 120 Å². The average Bonchev–Trinajstić information content (AvgIpc) is 3.24. The number of hydroxylamine groups is 1.